The minimum atomic E-state index is 0.0990. The van der Waals surface area contributed by atoms with E-state index < -0.39 is 0 Å². The van der Waals surface area contributed by atoms with Gasteiger partial charge in [-0.15, -0.1) is 0 Å². The van der Waals surface area contributed by atoms with Gasteiger partial charge in [0.1, 0.15) is 5.75 Å². The number of halogens is 1. The van der Waals surface area contributed by atoms with Crippen LogP contribution >= 0.6 is 27.7 Å². The summed E-state index contributed by atoms with van der Waals surface area (Å²) < 4.78 is 12.2. The molecule has 0 spiro atoms. The van der Waals surface area contributed by atoms with E-state index in [0.717, 1.165) is 34.6 Å². The minimum absolute atomic E-state index is 0.0990. The SMILES string of the molecule is COc1ccccc1N1CCN(C(=O)CSc2ncc(-c3cccc(Br)c3)o2)CC1. The molecule has 30 heavy (non-hydrogen) atoms. The van der Waals surface area contributed by atoms with E-state index in [1.807, 2.05) is 47.4 Å². The van der Waals surface area contributed by atoms with Crippen molar-refractivity contribution in [1.29, 1.82) is 0 Å². The molecule has 0 bridgehead atoms. The summed E-state index contributed by atoms with van der Waals surface area (Å²) in [6, 6.07) is 15.8. The zero-order chi connectivity index (χ0) is 20.9. The average Bonchev–Trinajstić information content (AvgIpc) is 3.27. The van der Waals surface area contributed by atoms with Crippen molar-refractivity contribution < 1.29 is 13.9 Å². The van der Waals surface area contributed by atoms with E-state index in [2.05, 4.69) is 31.9 Å². The lowest BCUT2D eigenvalue weighted by molar-refractivity contribution is -0.128. The van der Waals surface area contributed by atoms with Crippen LogP contribution in [0.1, 0.15) is 0 Å². The number of thioether (sulfide) groups is 1. The Hall–Kier alpha value is -2.45. The largest absolute Gasteiger partial charge is 0.495 e. The van der Waals surface area contributed by atoms with E-state index in [4.69, 9.17) is 9.15 Å². The molecule has 156 valence electrons. The predicted molar refractivity (Wildman–Crippen MR) is 122 cm³/mol. The van der Waals surface area contributed by atoms with E-state index in [-0.39, 0.29) is 5.91 Å². The number of amides is 1. The summed E-state index contributed by atoms with van der Waals surface area (Å²) in [5.41, 5.74) is 2.02. The summed E-state index contributed by atoms with van der Waals surface area (Å²) in [7, 11) is 1.68. The monoisotopic (exact) mass is 487 g/mol. The second kappa shape index (κ2) is 9.57. The van der Waals surface area contributed by atoms with Crippen LogP contribution in [0.2, 0.25) is 0 Å². The predicted octanol–water partition coefficient (Wildman–Crippen LogP) is 4.55. The molecule has 2 aromatic carbocycles. The normalized spacial score (nSPS) is 14.1. The van der Waals surface area contributed by atoms with Crippen LogP contribution in [-0.4, -0.2) is 54.8 Å². The van der Waals surface area contributed by atoms with Gasteiger partial charge in [0.05, 0.1) is 24.7 Å². The highest BCUT2D eigenvalue weighted by Crippen LogP contribution is 2.29. The van der Waals surface area contributed by atoms with Gasteiger partial charge in [0.15, 0.2) is 5.76 Å². The molecule has 4 rings (SSSR count). The lowest BCUT2D eigenvalue weighted by Gasteiger charge is -2.36. The van der Waals surface area contributed by atoms with E-state index in [1.54, 1.807) is 13.3 Å². The standard InChI is InChI=1S/C22H22BrN3O3S/c1-28-19-8-3-2-7-18(19)25-9-11-26(12-10-25)21(27)15-30-22-24-14-20(29-22)16-5-4-6-17(23)13-16/h2-8,13-14H,9-12,15H2,1H3. The summed E-state index contributed by atoms with van der Waals surface area (Å²) in [6.45, 7) is 2.93. The number of rotatable bonds is 6. The lowest BCUT2D eigenvalue weighted by Crippen LogP contribution is -2.49. The van der Waals surface area contributed by atoms with Crippen LogP contribution in [-0.2, 0) is 4.79 Å². The van der Waals surface area contributed by atoms with Crippen molar-refractivity contribution in [3.8, 4) is 17.1 Å². The Kier molecular flexibility index (Phi) is 6.64. The molecule has 3 aromatic rings. The Balaban J connectivity index is 1.29. The number of aromatic nitrogens is 1. The van der Waals surface area contributed by atoms with Crippen LogP contribution in [0, 0.1) is 0 Å². The first-order valence-electron chi connectivity index (χ1n) is 9.64. The topological polar surface area (TPSA) is 58.8 Å². The first kappa shape index (κ1) is 20.8. The van der Waals surface area contributed by atoms with Crippen LogP contribution < -0.4 is 9.64 Å². The third-order valence-electron chi connectivity index (χ3n) is 4.97. The number of hydrogen-bond acceptors (Lipinski definition) is 6. The van der Waals surface area contributed by atoms with Crippen LogP contribution in [0.5, 0.6) is 5.75 Å². The van der Waals surface area contributed by atoms with Crippen molar-refractivity contribution in [2.24, 2.45) is 0 Å². The molecule has 8 heteroatoms. The van der Waals surface area contributed by atoms with E-state index in [1.165, 1.54) is 11.8 Å². The maximum Gasteiger partial charge on any atom is 0.256 e. The molecular weight excluding hydrogens is 466 g/mol. The quantitative estimate of drug-likeness (QED) is 0.475. The van der Waals surface area contributed by atoms with Gasteiger partial charge in [-0.2, -0.15) is 0 Å². The number of carbonyl (C=O) groups is 1. The Bertz CT molecular complexity index is 1020. The lowest BCUT2D eigenvalue weighted by atomic mass is 10.2. The highest BCUT2D eigenvalue weighted by atomic mass is 79.9. The zero-order valence-electron chi connectivity index (χ0n) is 16.6. The number of ether oxygens (including phenoxy) is 1. The maximum atomic E-state index is 12.6. The van der Waals surface area contributed by atoms with Gasteiger partial charge in [-0.05, 0) is 24.3 Å². The van der Waals surface area contributed by atoms with Crippen molar-refractivity contribution in [1.82, 2.24) is 9.88 Å². The number of benzene rings is 2. The van der Waals surface area contributed by atoms with Crippen molar-refractivity contribution in [2.45, 2.75) is 5.22 Å². The summed E-state index contributed by atoms with van der Waals surface area (Å²) in [4.78, 5) is 21.1. The van der Waals surface area contributed by atoms with Crippen molar-refractivity contribution in [3.63, 3.8) is 0 Å². The van der Waals surface area contributed by atoms with Gasteiger partial charge >= 0.3 is 0 Å². The van der Waals surface area contributed by atoms with Gasteiger partial charge in [0.25, 0.3) is 5.22 Å². The molecular formula is C22H22BrN3O3S. The summed E-state index contributed by atoms with van der Waals surface area (Å²) in [5.74, 6) is 1.96. The van der Waals surface area contributed by atoms with Crippen molar-refractivity contribution in [3.05, 3.63) is 59.2 Å². The third kappa shape index (κ3) is 4.82. The molecule has 0 unspecified atom stereocenters. The van der Waals surface area contributed by atoms with Gasteiger partial charge in [0.2, 0.25) is 5.91 Å². The fourth-order valence-electron chi connectivity index (χ4n) is 3.40. The molecule has 1 amide bonds. The van der Waals surface area contributed by atoms with E-state index in [0.29, 0.717) is 29.8 Å². The van der Waals surface area contributed by atoms with Crippen LogP contribution in [0.15, 0.2) is 68.8 Å². The summed E-state index contributed by atoms with van der Waals surface area (Å²) in [5, 5.41) is 0.506. The second-order valence-electron chi connectivity index (χ2n) is 6.83. The van der Waals surface area contributed by atoms with Crippen LogP contribution in [0.25, 0.3) is 11.3 Å². The molecule has 0 N–H and O–H groups in total. The second-order valence-corrected chi connectivity index (χ2v) is 8.67. The number of para-hydroxylation sites is 2. The first-order valence-corrected chi connectivity index (χ1v) is 11.4. The van der Waals surface area contributed by atoms with Crippen LogP contribution in [0.3, 0.4) is 0 Å². The summed E-state index contributed by atoms with van der Waals surface area (Å²) in [6.07, 6.45) is 1.70. The molecule has 0 saturated carbocycles. The molecule has 1 aliphatic heterocycles. The van der Waals surface area contributed by atoms with Crippen LogP contribution in [0.4, 0.5) is 5.69 Å². The molecule has 0 radical (unpaired) electrons. The number of oxazole rings is 1. The van der Waals surface area contributed by atoms with Gasteiger partial charge < -0.3 is 19.0 Å². The molecule has 0 atom stereocenters. The number of methoxy groups -OCH3 is 1. The van der Waals surface area contributed by atoms with Gasteiger partial charge in [0, 0.05) is 36.2 Å². The van der Waals surface area contributed by atoms with Crippen molar-refractivity contribution >= 4 is 39.3 Å². The Morgan fingerprint density at radius 3 is 2.73 bits per heavy atom. The fourth-order valence-corrected chi connectivity index (χ4v) is 4.51. The molecule has 1 fully saturated rings. The van der Waals surface area contributed by atoms with E-state index >= 15 is 0 Å². The first-order chi connectivity index (χ1) is 14.6. The van der Waals surface area contributed by atoms with E-state index in [9.17, 15) is 4.79 Å². The van der Waals surface area contributed by atoms with Gasteiger partial charge in [-0.1, -0.05) is 52.0 Å². The van der Waals surface area contributed by atoms with Gasteiger partial charge in [-0.25, -0.2) is 4.98 Å². The molecule has 2 heterocycles. The third-order valence-corrected chi connectivity index (χ3v) is 6.29. The number of hydrogen-bond donors (Lipinski definition) is 0. The molecule has 1 aromatic heterocycles. The zero-order valence-corrected chi connectivity index (χ0v) is 19.0. The smallest absolute Gasteiger partial charge is 0.256 e. The van der Waals surface area contributed by atoms with Gasteiger partial charge in [-0.3, -0.25) is 4.79 Å². The highest BCUT2D eigenvalue weighted by Gasteiger charge is 2.23. The molecule has 6 nitrogen and oxygen atoms in total. The Morgan fingerprint density at radius 2 is 1.97 bits per heavy atom. The number of carbonyl (C=O) groups excluding carboxylic acids is 1. The molecule has 0 aliphatic carbocycles. The average molecular weight is 488 g/mol. The number of anilines is 1. The Labute approximate surface area is 188 Å². The van der Waals surface area contributed by atoms with Crippen molar-refractivity contribution in [2.75, 3.05) is 43.9 Å². The Morgan fingerprint density at radius 1 is 1.17 bits per heavy atom. The maximum absolute atomic E-state index is 12.6. The molecule has 1 aliphatic rings. The number of piperazine rings is 1. The molecule has 1 saturated heterocycles. The number of nitrogens with zero attached hydrogens (tertiary/aromatic N) is 3. The summed E-state index contributed by atoms with van der Waals surface area (Å²) >= 11 is 4.79. The highest BCUT2D eigenvalue weighted by molar-refractivity contribution is 9.10. The fraction of sp³-hybridized carbons (Fsp3) is 0.273. The minimum Gasteiger partial charge on any atom is -0.495 e.